The van der Waals surface area contributed by atoms with Gasteiger partial charge in [-0.25, -0.2) is 0 Å². The second-order valence-corrected chi connectivity index (χ2v) is 5.45. The van der Waals surface area contributed by atoms with Crippen LogP contribution in [0.1, 0.15) is 12.5 Å². The molecule has 0 saturated carbocycles. The summed E-state index contributed by atoms with van der Waals surface area (Å²) in [6, 6.07) is 7.29. The van der Waals surface area contributed by atoms with Crippen molar-refractivity contribution in [3.63, 3.8) is 0 Å². The monoisotopic (exact) mass is 316 g/mol. The van der Waals surface area contributed by atoms with Crippen LogP contribution in [0.3, 0.4) is 0 Å². The van der Waals surface area contributed by atoms with Crippen LogP contribution in [-0.4, -0.2) is 61.6 Å². The van der Waals surface area contributed by atoms with Gasteiger partial charge in [0, 0.05) is 20.1 Å². The van der Waals surface area contributed by atoms with E-state index in [-0.39, 0.29) is 11.8 Å². The highest BCUT2D eigenvalue weighted by Crippen LogP contribution is 2.32. The molecular formula is C17H20N2O4. The van der Waals surface area contributed by atoms with Gasteiger partial charge >= 0.3 is 0 Å². The number of amides is 2. The number of morpholine rings is 1. The third kappa shape index (κ3) is 2.82. The number of hydrogen-bond acceptors (Lipinski definition) is 5. The SMILES string of the molecule is CCOc1ccc(C2=C(N3CCOCC3)C(=O)N(C)C2=O)cc1. The van der Waals surface area contributed by atoms with Gasteiger partial charge in [-0.05, 0) is 24.6 Å². The summed E-state index contributed by atoms with van der Waals surface area (Å²) in [6.07, 6.45) is 0. The van der Waals surface area contributed by atoms with Gasteiger partial charge in [-0.2, -0.15) is 0 Å². The van der Waals surface area contributed by atoms with Crippen molar-refractivity contribution in [1.29, 1.82) is 0 Å². The third-order valence-corrected chi connectivity index (χ3v) is 4.04. The smallest absolute Gasteiger partial charge is 0.277 e. The molecule has 0 aromatic heterocycles. The average Bonchev–Trinajstić information content (AvgIpc) is 2.81. The first kappa shape index (κ1) is 15.6. The molecule has 2 heterocycles. The van der Waals surface area contributed by atoms with Gasteiger partial charge in [-0.15, -0.1) is 0 Å². The fourth-order valence-electron chi connectivity index (χ4n) is 2.85. The Labute approximate surface area is 135 Å². The summed E-state index contributed by atoms with van der Waals surface area (Å²) >= 11 is 0. The Morgan fingerprint density at radius 2 is 1.74 bits per heavy atom. The summed E-state index contributed by atoms with van der Waals surface area (Å²) < 4.78 is 10.8. The first-order chi connectivity index (χ1) is 11.1. The Morgan fingerprint density at radius 3 is 2.35 bits per heavy atom. The van der Waals surface area contributed by atoms with E-state index in [4.69, 9.17) is 9.47 Å². The molecule has 0 atom stereocenters. The number of carbonyl (C=O) groups is 2. The zero-order valence-corrected chi connectivity index (χ0v) is 13.4. The summed E-state index contributed by atoms with van der Waals surface area (Å²) in [5.74, 6) is 0.233. The standard InChI is InChI=1S/C17H20N2O4/c1-3-23-13-6-4-12(5-7-13)14-15(17(21)18(2)16(14)20)19-8-10-22-11-9-19/h4-7H,3,8-11H2,1-2H3. The van der Waals surface area contributed by atoms with Crippen LogP contribution < -0.4 is 4.74 Å². The van der Waals surface area contributed by atoms with Gasteiger partial charge in [0.15, 0.2) is 0 Å². The molecule has 23 heavy (non-hydrogen) atoms. The highest BCUT2D eigenvalue weighted by molar-refractivity contribution is 6.35. The van der Waals surface area contributed by atoms with E-state index in [0.717, 1.165) is 11.3 Å². The molecule has 2 aliphatic heterocycles. The molecule has 1 aromatic carbocycles. The van der Waals surface area contributed by atoms with Crippen LogP contribution in [0.25, 0.3) is 5.57 Å². The number of imide groups is 1. The fraction of sp³-hybridized carbons (Fsp3) is 0.412. The predicted octanol–water partition coefficient (Wildman–Crippen LogP) is 1.13. The van der Waals surface area contributed by atoms with Gasteiger partial charge in [0.1, 0.15) is 11.4 Å². The second kappa shape index (κ2) is 6.42. The molecule has 1 aromatic rings. The fourth-order valence-corrected chi connectivity index (χ4v) is 2.85. The van der Waals surface area contributed by atoms with Gasteiger partial charge in [0.05, 0.1) is 25.4 Å². The van der Waals surface area contributed by atoms with E-state index in [1.54, 1.807) is 0 Å². The van der Waals surface area contributed by atoms with E-state index in [1.165, 1.54) is 11.9 Å². The number of benzene rings is 1. The van der Waals surface area contributed by atoms with E-state index in [1.807, 2.05) is 36.1 Å². The lowest BCUT2D eigenvalue weighted by atomic mass is 10.0. The minimum atomic E-state index is -0.263. The minimum Gasteiger partial charge on any atom is -0.494 e. The molecule has 0 spiro atoms. The van der Waals surface area contributed by atoms with E-state index in [2.05, 4.69) is 0 Å². The van der Waals surface area contributed by atoms with Crippen LogP contribution >= 0.6 is 0 Å². The van der Waals surface area contributed by atoms with E-state index < -0.39 is 0 Å². The van der Waals surface area contributed by atoms with Gasteiger partial charge in [-0.1, -0.05) is 12.1 Å². The van der Waals surface area contributed by atoms with Gasteiger partial charge < -0.3 is 14.4 Å². The Balaban J connectivity index is 2.01. The quantitative estimate of drug-likeness (QED) is 0.779. The molecule has 0 bridgehead atoms. The maximum atomic E-state index is 12.5. The van der Waals surface area contributed by atoms with Crippen molar-refractivity contribution in [1.82, 2.24) is 9.80 Å². The van der Waals surface area contributed by atoms with Crippen LogP contribution in [0, 0.1) is 0 Å². The molecular weight excluding hydrogens is 296 g/mol. The molecule has 0 N–H and O–H groups in total. The largest absolute Gasteiger partial charge is 0.494 e. The summed E-state index contributed by atoms with van der Waals surface area (Å²) in [4.78, 5) is 28.2. The number of nitrogens with zero attached hydrogens (tertiary/aromatic N) is 2. The minimum absolute atomic E-state index is 0.249. The molecule has 1 saturated heterocycles. The Hall–Kier alpha value is -2.34. The van der Waals surface area contributed by atoms with Crippen LogP contribution in [0.4, 0.5) is 0 Å². The second-order valence-electron chi connectivity index (χ2n) is 5.45. The van der Waals surface area contributed by atoms with Crippen molar-refractivity contribution in [3.05, 3.63) is 35.5 Å². The highest BCUT2D eigenvalue weighted by Gasteiger charge is 2.39. The van der Waals surface area contributed by atoms with Gasteiger partial charge in [0.25, 0.3) is 11.8 Å². The molecule has 2 aliphatic rings. The first-order valence-corrected chi connectivity index (χ1v) is 7.76. The summed E-state index contributed by atoms with van der Waals surface area (Å²) in [7, 11) is 1.52. The summed E-state index contributed by atoms with van der Waals surface area (Å²) in [5.41, 5.74) is 1.67. The van der Waals surface area contributed by atoms with Gasteiger partial charge in [0.2, 0.25) is 0 Å². The topological polar surface area (TPSA) is 59.1 Å². The zero-order chi connectivity index (χ0) is 16.4. The lowest BCUT2D eigenvalue weighted by Gasteiger charge is -2.29. The first-order valence-electron chi connectivity index (χ1n) is 7.76. The van der Waals surface area contributed by atoms with E-state index >= 15 is 0 Å². The molecule has 0 radical (unpaired) electrons. The van der Waals surface area contributed by atoms with Crippen molar-refractivity contribution in [3.8, 4) is 5.75 Å². The number of ether oxygens (including phenoxy) is 2. The number of rotatable bonds is 4. The summed E-state index contributed by atoms with van der Waals surface area (Å²) in [6.45, 7) is 4.85. The van der Waals surface area contributed by atoms with Crippen LogP contribution in [0.15, 0.2) is 30.0 Å². The van der Waals surface area contributed by atoms with Crippen molar-refractivity contribution in [2.45, 2.75) is 6.92 Å². The maximum Gasteiger partial charge on any atom is 0.277 e. The van der Waals surface area contributed by atoms with Crippen LogP contribution in [-0.2, 0) is 14.3 Å². The number of hydrogen-bond donors (Lipinski definition) is 0. The van der Waals surface area contributed by atoms with Crippen molar-refractivity contribution >= 4 is 17.4 Å². The van der Waals surface area contributed by atoms with Gasteiger partial charge in [-0.3, -0.25) is 14.5 Å². The Bertz CT molecular complexity index is 645. The molecule has 6 nitrogen and oxygen atoms in total. The van der Waals surface area contributed by atoms with Crippen LogP contribution in [0.5, 0.6) is 5.75 Å². The van der Waals surface area contributed by atoms with E-state index in [9.17, 15) is 9.59 Å². The molecule has 1 fully saturated rings. The lowest BCUT2D eigenvalue weighted by molar-refractivity contribution is -0.136. The van der Waals surface area contributed by atoms with Crippen molar-refractivity contribution in [2.24, 2.45) is 0 Å². The lowest BCUT2D eigenvalue weighted by Crippen LogP contribution is -2.39. The highest BCUT2D eigenvalue weighted by atomic mass is 16.5. The molecule has 0 unspecified atom stereocenters. The normalized spacial score (nSPS) is 18.9. The zero-order valence-electron chi connectivity index (χ0n) is 13.4. The Kier molecular flexibility index (Phi) is 4.34. The average molecular weight is 316 g/mol. The molecule has 3 rings (SSSR count). The summed E-state index contributed by atoms with van der Waals surface area (Å²) in [5, 5.41) is 0. The molecule has 6 heteroatoms. The molecule has 122 valence electrons. The number of carbonyl (C=O) groups excluding carboxylic acids is 2. The number of likely N-dealkylation sites (N-methyl/N-ethyl adjacent to an activating group) is 1. The Morgan fingerprint density at radius 1 is 1.09 bits per heavy atom. The maximum absolute atomic E-state index is 12.5. The predicted molar refractivity (Wildman–Crippen MR) is 84.7 cm³/mol. The van der Waals surface area contributed by atoms with E-state index in [0.29, 0.717) is 44.2 Å². The van der Waals surface area contributed by atoms with Crippen molar-refractivity contribution < 1.29 is 19.1 Å². The van der Waals surface area contributed by atoms with Crippen LogP contribution in [0.2, 0.25) is 0 Å². The van der Waals surface area contributed by atoms with Crippen molar-refractivity contribution in [2.75, 3.05) is 40.0 Å². The molecule has 2 amide bonds. The molecule has 0 aliphatic carbocycles. The third-order valence-electron chi connectivity index (χ3n) is 4.04.